The average Bonchev–Trinajstić information content (AvgIpc) is 3.01. The molecule has 0 unspecified atom stereocenters. The van der Waals surface area contributed by atoms with Gasteiger partial charge in [-0.25, -0.2) is 0 Å². The molecule has 3 rings (SSSR count). The molecule has 0 atom stereocenters. The number of H-pyrrole nitrogens is 1. The number of para-hydroxylation sites is 1. The number of phenols is 1. The molecule has 1 amide bonds. The van der Waals surface area contributed by atoms with E-state index in [1.807, 2.05) is 55.6 Å². The first kappa shape index (κ1) is 14.9. The van der Waals surface area contributed by atoms with Crippen molar-refractivity contribution in [1.82, 2.24) is 10.3 Å². The molecule has 1 heterocycles. The molecular weight excluding hydrogens is 288 g/mol. The van der Waals surface area contributed by atoms with Crippen LogP contribution in [0.1, 0.15) is 17.4 Å². The van der Waals surface area contributed by atoms with Crippen LogP contribution in [0.4, 0.5) is 0 Å². The minimum atomic E-state index is -0.187. The van der Waals surface area contributed by atoms with Crippen molar-refractivity contribution in [2.45, 2.75) is 6.92 Å². The van der Waals surface area contributed by atoms with Crippen LogP contribution in [0.25, 0.3) is 22.3 Å². The number of aromatic amines is 1. The number of aromatic nitrogens is 1. The smallest absolute Gasteiger partial charge is 0.268 e. The Morgan fingerprint density at radius 2 is 1.74 bits per heavy atom. The van der Waals surface area contributed by atoms with Gasteiger partial charge in [-0.2, -0.15) is 0 Å². The van der Waals surface area contributed by atoms with E-state index in [1.165, 1.54) is 0 Å². The third-order valence-corrected chi connectivity index (χ3v) is 3.70. The molecule has 0 aliphatic carbocycles. The van der Waals surface area contributed by atoms with Crippen molar-refractivity contribution in [3.8, 4) is 28.0 Å². The van der Waals surface area contributed by atoms with Crippen molar-refractivity contribution >= 4 is 5.91 Å². The lowest BCUT2D eigenvalue weighted by Crippen LogP contribution is -2.23. The summed E-state index contributed by atoms with van der Waals surface area (Å²) in [4.78, 5) is 15.4. The van der Waals surface area contributed by atoms with E-state index in [4.69, 9.17) is 0 Å². The summed E-state index contributed by atoms with van der Waals surface area (Å²) in [5.41, 5.74) is 3.66. The van der Waals surface area contributed by atoms with Crippen LogP contribution in [-0.4, -0.2) is 22.5 Å². The number of phenolic OH excluding ortho intramolecular Hbond substituents is 1. The second kappa shape index (κ2) is 6.40. The maximum absolute atomic E-state index is 12.4. The Morgan fingerprint density at radius 3 is 2.43 bits per heavy atom. The van der Waals surface area contributed by atoms with Crippen LogP contribution in [0.3, 0.4) is 0 Å². The van der Waals surface area contributed by atoms with Crippen LogP contribution in [-0.2, 0) is 0 Å². The molecule has 3 N–H and O–H groups in total. The molecule has 0 spiro atoms. The summed E-state index contributed by atoms with van der Waals surface area (Å²) in [5, 5.41) is 13.0. The van der Waals surface area contributed by atoms with Crippen LogP contribution in [0.15, 0.2) is 60.8 Å². The number of carbonyl (C=O) groups is 1. The summed E-state index contributed by atoms with van der Waals surface area (Å²) in [6, 6.07) is 16.8. The molecule has 0 saturated carbocycles. The Balaban J connectivity index is 2.23. The first-order chi connectivity index (χ1) is 11.2. The van der Waals surface area contributed by atoms with E-state index >= 15 is 0 Å². The summed E-state index contributed by atoms with van der Waals surface area (Å²) in [6.45, 7) is 2.41. The second-order valence-electron chi connectivity index (χ2n) is 5.19. The van der Waals surface area contributed by atoms with Gasteiger partial charge in [0.05, 0.1) is 0 Å². The summed E-state index contributed by atoms with van der Waals surface area (Å²) in [5.74, 6) is -0.0391. The zero-order valence-corrected chi connectivity index (χ0v) is 12.8. The first-order valence-corrected chi connectivity index (χ1v) is 7.55. The van der Waals surface area contributed by atoms with E-state index in [0.717, 1.165) is 11.1 Å². The molecule has 0 bridgehead atoms. The van der Waals surface area contributed by atoms with Gasteiger partial charge in [-0.15, -0.1) is 0 Å². The van der Waals surface area contributed by atoms with E-state index in [2.05, 4.69) is 10.3 Å². The maximum Gasteiger partial charge on any atom is 0.268 e. The Labute approximate surface area is 134 Å². The van der Waals surface area contributed by atoms with Gasteiger partial charge in [-0.3, -0.25) is 4.79 Å². The van der Waals surface area contributed by atoms with Gasteiger partial charge in [0.15, 0.2) is 0 Å². The lowest BCUT2D eigenvalue weighted by molar-refractivity contribution is 0.0952. The Bertz CT molecular complexity index is 822. The van der Waals surface area contributed by atoms with Gasteiger partial charge in [-0.05, 0) is 18.6 Å². The highest BCUT2D eigenvalue weighted by Crippen LogP contribution is 2.39. The highest BCUT2D eigenvalue weighted by Gasteiger charge is 2.21. The minimum absolute atomic E-state index is 0.148. The van der Waals surface area contributed by atoms with Crippen molar-refractivity contribution in [1.29, 1.82) is 0 Å². The molecule has 0 aliphatic rings. The van der Waals surface area contributed by atoms with Crippen LogP contribution < -0.4 is 5.32 Å². The number of carbonyl (C=O) groups excluding carboxylic acids is 1. The van der Waals surface area contributed by atoms with Crippen LogP contribution >= 0.6 is 0 Å². The molecule has 0 aliphatic heterocycles. The van der Waals surface area contributed by atoms with E-state index in [1.54, 1.807) is 12.1 Å². The highest BCUT2D eigenvalue weighted by molar-refractivity contribution is 6.04. The normalized spacial score (nSPS) is 10.5. The zero-order valence-electron chi connectivity index (χ0n) is 12.8. The molecule has 0 radical (unpaired) electrons. The number of nitrogens with one attached hydrogen (secondary N) is 2. The first-order valence-electron chi connectivity index (χ1n) is 7.55. The fourth-order valence-corrected chi connectivity index (χ4v) is 2.66. The Kier molecular flexibility index (Phi) is 4.15. The molecule has 2 aromatic carbocycles. The molecule has 4 nitrogen and oxygen atoms in total. The highest BCUT2D eigenvalue weighted by atomic mass is 16.3. The third-order valence-electron chi connectivity index (χ3n) is 3.70. The predicted molar refractivity (Wildman–Crippen MR) is 91.3 cm³/mol. The van der Waals surface area contributed by atoms with Crippen LogP contribution in [0.2, 0.25) is 0 Å². The standard InChI is InChI=1S/C19H18N2O2/c1-2-20-19(23)18-17(14-10-6-7-11-16(14)22)15(12-21-18)13-8-4-3-5-9-13/h3-12,21-22H,2H2,1H3,(H,20,23). The number of hydrogen-bond donors (Lipinski definition) is 3. The maximum atomic E-state index is 12.4. The van der Waals surface area contributed by atoms with Gasteiger partial charge < -0.3 is 15.4 Å². The van der Waals surface area contributed by atoms with E-state index in [-0.39, 0.29) is 11.7 Å². The molecule has 0 fully saturated rings. The SMILES string of the molecule is CCNC(=O)c1[nH]cc(-c2ccccc2)c1-c1ccccc1O. The number of aromatic hydroxyl groups is 1. The average molecular weight is 306 g/mol. The lowest BCUT2D eigenvalue weighted by Gasteiger charge is -2.10. The molecule has 3 aromatic rings. The number of benzene rings is 2. The molecular formula is C19H18N2O2. The Hall–Kier alpha value is -3.01. The van der Waals surface area contributed by atoms with Gasteiger partial charge in [-0.1, -0.05) is 48.5 Å². The molecule has 116 valence electrons. The van der Waals surface area contributed by atoms with Gasteiger partial charge in [0.25, 0.3) is 5.91 Å². The predicted octanol–water partition coefficient (Wildman–Crippen LogP) is 3.80. The van der Waals surface area contributed by atoms with Crippen molar-refractivity contribution in [3.63, 3.8) is 0 Å². The van der Waals surface area contributed by atoms with Crippen LogP contribution in [0, 0.1) is 0 Å². The van der Waals surface area contributed by atoms with E-state index in [0.29, 0.717) is 23.4 Å². The third kappa shape index (κ3) is 2.83. The molecule has 4 heteroatoms. The number of hydrogen-bond acceptors (Lipinski definition) is 2. The quantitative estimate of drug-likeness (QED) is 0.686. The summed E-state index contributed by atoms with van der Waals surface area (Å²) < 4.78 is 0. The van der Waals surface area contributed by atoms with Gasteiger partial charge in [0.2, 0.25) is 0 Å². The monoisotopic (exact) mass is 306 g/mol. The minimum Gasteiger partial charge on any atom is -0.507 e. The van der Waals surface area contributed by atoms with E-state index < -0.39 is 0 Å². The van der Waals surface area contributed by atoms with Crippen molar-refractivity contribution in [3.05, 3.63) is 66.5 Å². The number of rotatable bonds is 4. The van der Waals surface area contributed by atoms with Crippen LogP contribution in [0.5, 0.6) is 5.75 Å². The fourth-order valence-electron chi connectivity index (χ4n) is 2.66. The van der Waals surface area contributed by atoms with Crippen molar-refractivity contribution in [2.75, 3.05) is 6.54 Å². The Morgan fingerprint density at radius 1 is 1.04 bits per heavy atom. The van der Waals surface area contributed by atoms with E-state index in [9.17, 15) is 9.90 Å². The van der Waals surface area contributed by atoms with Gasteiger partial charge >= 0.3 is 0 Å². The second-order valence-corrected chi connectivity index (χ2v) is 5.19. The summed E-state index contributed by atoms with van der Waals surface area (Å²) in [7, 11) is 0. The lowest BCUT2D eigenvalue weighted by atomic mass is 9.96. The molecule has 0 saturated heterocycles. The topological polar surface area (TPSA) is 65.1 Å². The largest absolute Gasteiger partial charge is 0.507 e. The fraction of sp³-hybridized carbons (Fsp3) is 0.105. The van der Waals surface area contributed by atoms with Crippen molar-refractivity contribution in [2.24, 2.45) is 0 Å². The molecule has 23 heavy (non-hydrogen) atoms. The van der Waals surface area contributed by atoms with Gasteiger partial charge in [0, 0.05) is 29.4 Å². The summed E-state index contributed by atoms with van der Waals surface area (Å²) >= 11 is 0. The summed E-state index contributed by atoms with van der Waals surface area (Å²) in [6.07, 6.45) is 1.81. The van der Waals surface area contributed by atoms with Gasteiger partial charge in [0.1, 0.15) is 11.4 Å². The molecule has 1 aromatic heterocycles. The van der Waals surface area contributed by atoms with Crippen molar-refractivity contribution < 1.29 is 9.90 Å². The zero-order chi connectivity index (χ0) is 16.2. The number of amides is 1.